The van der Waals surface area contributed by atoms with Crippen LogP contribution in [0.3, 0.4) is 0 Å². The minimum atomic E-state index is -4.58. The number of ether oxygens (including phenoxy) is 1. The average Bonchev–Trinajstić information content (AvgIpc) is 3.08. The Hall–Kier alpha value is -2.62. The number of aromatic nitrogens is 3. The van der Waals surface area contributed by atoms with Gasteiger partial charge in [0.15, 0.2) is 0 Å². The zero-order chi connectivity index (χ0) is 20.1. The molecule has 0 atom stereocenters. The number of aromatic carboxylic acids is 1. The largest absolute Gasteiger partial charge is 1.00 e. The molecular formula is C19H13F3N3NaO3. The van der Waals surface area contributed by atoms with Gasteiger partial charge in [-0.05, 0) is 42.5 Å². The van der Waals surface area contributed by atoms with Crippen molar-refractivity contribution in [3.8, 4) is 17.1 Å². The van der Waals surface area contributed by atoms with Crippen LogP contribution in [0.2, 0.25) is 0 Å². The van der Waals surface area contributed by atoms with Crippen molar-refractivity contribution in [3.63, 3.8) is 0 Å². The van der Waals surface area contributed by atoms with Crippen molar-refractivity contribution in [2.45, 2.75) is 6.18 Å². The van der Waals surface area contributed by atoms with E-state index in [2.05, 4.69) is 15.0 Å². The predicted octanol–water partition coefficient (Wildman–Crippen LogP) is 1.62. The zero-order valence-electron chi connectivity index (χ0n) is 16.3. The number of carboxylic acids is 1. The van der Waals surface area contributed by atoms with Crippen LogP contribution in [0.4, 0.5) is 13.2 Å². The van der Waals surface area contributed by atoms with Gasteiger partial charge in [-0.1, -0.05) is 0 Å². The van der Waals surface area contributed by atoms with Crippen LogP contribution in [0, 0.1) is 0 Å². The molecule has 0 aliphatic heterocycles. The van der Waals surface area contributed by atoms with Crippen LogP contribution in [-0.2, 0) is 6.18 Å². The minimum Gasteiger partial charge on any atom is -1.00 e. The van der Waals surface area contributed by atoms with Gasteiger partial charge in [0.2, 0.25) is 0 Å². The van der Waals surface area contributed by atoms with Gasteiger partial charge < -0.3 is 16.3 Å². The van der Waals surface area contributed by atoms with E-state index in [1.807, 2.05) is 0 Å². The summed E-state index contributed by atoms with van der Waals surface area (Å²) < 4.78 is 44.3. The standard InChI is InChI=1S/C19H12F3N3O3.Na.H/c1-28-14-6-3-11(10-4-7-15(19(20,21)22)25-16(10)14)17-23-12-5-2-9(18(26)27)8-13(12)24-17;;/h2-8H,1H3,(H,23,24)(H,26,27);;/q;+1;-1. The van der Waals surface area contributed by atoms with Gasteiger partial charge in [-0.3, -0.25) is 0 Å². The first-order chi connectivity index (χ1) is 13.3. The van der Waals surface area contributed by atoms with E-state index in [-0.39, 0.29) is 47.8 Å². The van der Waals surface area contributed by atoms with E-state index in [1.54, 1.807) is 12.1 Å². The molecule has 0 spiro atoms. The van der Waals surface area contributed by atoms with Gasteiger partial charge in [0.05, 0.1) is 23.7 Å². The number of carboxylic acid groups (broad SMARTS) is 1. The first kappa shape index (κ1) is 21.1. The van der Waals surface area contributed by atoms with E-state index in [1.165, 1.54) is 31.4 Å². The zero-order valence-corrected chi connectivity index (χ0v) is 17.3. The van der Waals surface area contributed by atoms with Crippen LogP contribution >= 0.6 is 0 Å². The summed E-state index contributed by atoms with van der Waals surface area (Å²) in [4.78, 5) is 22.3. The fourth-order valence-electron chi connectivity index (χ4n) is 2.99. The molecule has 0 aliphatic carbocycles. The van der Waals surface area contributed by atoms with Crippen molar-refractivity contribution in [2.75, 3.05) is 7.11 Å². The third-order valence-corrected chi connectivity index (χ3v) is 4.31. The molecule has 0 bridgehead atoms. The molecule has 0 saturated carbocycles. The molecule has 0 amide bonds. The maximum absolute atomic E-state index is 13.0. The van der Waals surface area contributed by atoms with Crippen LogP contribution in [0.15, 0.2) is 42.5 Å². The van der Waals surface area contributed by atoms with Crippen LogP contribution in [0.5, 0.6) is 5.75 Å². The molecule has 0 saturated heterocycles. The summed E-state index contributed by atoms with van der Waals surface area (Å²) >= 11 is 0. The third-order valence-electron chi connectivity index (χ3n) is 4.31. The van der Waals surface area contributed by atoms with E-state index < -0.39 is 17.8 Å². The summed E-state index contributed by atoms with van der Waals surface area (Å²) in [5, 5.41) is 9.53. The third kappa shape index (κ3) is 3.81. The van der Waals surface area contributed by atoms with E-state index in [0.29, 0.717) is 27.8 Å². The molecule has 2 N–H and O–H groups in total. The second kappa shape index (κ2) is 7.66. The smallest absolute Gasteiger partial charge is 1.00 e. The Morgan fingerprint density at radius 1 is 1.14 bits per heavy atom. The second-order valence-electron chi connectivity index (χ2n) is 6.03. The summed E-state index contributed by atoms with van der Waals surface area (Å²) in [6.07, 6.45) is -4.58. The summed E-state index contributed by atoms with van der Waals surface area (Å²) in [7, 11) is 1.35. The monoisotopic (exact) mass is 411 g/mol. The Bertz CT molecular complexity index is 1240. The van der Waals surface area contributed by atoms with Gasteiger partial charge in [0, 0.05) is 10.9 Å². The van der Waals surface area contributed by atoms with E-state index in [0.717, 1.165) is 6.07 Å². The number of nitrogens with one attached hydrogen (secondary N) is 1. The number of hydrogen-bond acceptors (Lipinski definition) is 4. The number of fused-ring (bicyclic) bond motifs is 2. The Morgan fingerprint density at radius 2 is 1.90 bits per heavy atom. The van der Waals surface area contributed by atoms with Crippen molar-refractivity contribution in [3.05, 3.63) is 53.7 Å². The van der Waals surface area contributed by atoms with Gasteiger partial charge in [0.25, 0.3) is 0 Å². The normalized spacial score (nSPS) is 11.4. The maximum atomic E-state index is 13.0. The summed E-state index contributed by atoms with van der Waals surface area (Å²) in [5.41, 5.74) is 0.680. The molecule has 2 aromatic carbocycles. The number of alkyl halides is 3. The predicted molar refractivity (Wildman–Crippen MR) is 96.5 cm³/mol. The van der Waals surface area contributed by atoms with Crippen LogP contribution in [-0.4, -0.2) is 33.1 Å². The number of halogens is 3. The summed E-state index contributed by atoms with van der Waals surface area (Å²) in [6.45, 7) is 0. The number of aromatic amines is 1. The van der Waals surface area contributed by atoms with Crippen molar-refractivity contribution in [1.29, 1.82) is 0 Å². The molecule has 6 nitrogen and oxygen atoms in total. The molecule has 4 rings (SSSR count). The Balaban J connectivity index is 0.00000160. The van der Waals surface area contributed by atoms with Gasteiger partial charge in [-0.2, -0.15) is 13.2 Å². The molecule has 4 aromatic rings. The molecular weight excluding hydrogens is 398 g/mol. The Morgan fingerprint density at radius 3 is 2.55 bits per heavy atom. The first-order valence-corrected chi connectivity index (χ1v) is 8.06. The molecule has 0 aliphatic rings. The first-order valence-electron chi connectivity index (χ1n) is 8.06. The quantitative estimate of drug-likeness (QED) is 0.501. The average molecular weight is 411 g/mol. The van der Waals surface area contributed by atoms with Gasteiger partial charge in [0.1, 0.15) is 22.8 Å². The van der Waals surface area contributed by atoms with E-state index >= 15 is 0 Å². The topological polar surface area (TPSA) is 88.1 Å². The number of pyridine rings is 1. The summed E-state index contributed by atoms with van der Waals surface area (Å²) in [5.74, 6) is -0.488. The molecule has 144 valence electrons. The molecule has 2 heterocycles. The number of rotatable bonds is 3. The van der Waals surface area contributed by atoms with Gasteiger partial charge >= 0.3 is 41.7 Å². The minimum absolute atomic E-state index is 0. The molecule has 29 heavy (non-hydrogen) atoms. The molecule has 2 aromatic heterocycles. The number of nitrogens with zero attached hydrogens (tertiary/aromatic N) is 2. The van der Waals surface area contributed by atoms with Crippen LogP contribution in [0.25, 0.3) is 33.3 Å². The van der Waals surface area contributed by atoms with Crippen molar-refractivity contribution in [2.24, 2.45) is 0 Å². The number of carbonyl (C=O) groups is 1. The second-order valence-corrected chi connectivity index (χ2v) is 6.03. The van der Waals surface area contributed by atoms with E-state index in [9.17, 15) is 18.0 Å². The van der Waals surface area contributed by atoms with E-state index in [4.69, 9.17) is 9.84 Å². The number of benzene rings is 2. The number of H-pyrrole nitrogens is 1. The van der Waals surface area contributed by atoms with Crippen molar-refractivity contribution in [1.82, 2.24) is 15.0 Å². The van der Waals surface area contributed by atoms with Crippen molar-refractivity contribution < 1.29 is 58.8 Å². The van der Waals surface area contributed by atoms with Crippen LogP contribution < -0.4 is 34.3 Å². The SMILES string of the molecule is COc1ccc(-c2nc3ccc(C(=O)O)cc3[nH]2)c2ccc(C(F)(F)F)nc12.[H-].[Na+]. The molecule has 0 fully saturated rings. The molecule has 0 radical (unpaired) electrons. The van der Waals surface area contributed by atoms with Gasteiger partial charge in [-0.25, -0.2) is 14.8 Å². The molecule has 10 heteroatoms. The number of methoxy groups -OCH3 is 1. The Labute approximate surface area is 185 Å². The Kier molecular flexibility index (Phi) is 5.57. The van der Waals surface area contributed by atoms with Crippen LogP contribution in [0.1, 0.15) is 17.5 Å². The number of hydrogen-bond donors (Lipinski definition) is 2. The van der Waals surface area contributed by atoms with Crippen molar-refractivity contribution >= 4 is 27.9 Å². The fourth-order valence-corrected chi connectivity index (χ4v) is 2.99. The van der Waals surface area contributed by atoms with Gasteiger partial charge in [-0.15, -0.1) is 0 Å². The summed E-state index contributed by atoms with van der Waals surface area (Å²) in [6, 6.07) is 9.82. The fraction of sp³-hybridized carbons (Fsp3) is 0.105. The maximum Gasteiger partial charge on any atom is 1.00 e. The number of imidazole rings is 1. The molecule has 0 unspecified atom stereocenters.